The van der Waals surface area contributed by atoms with E-state index >= 15 is 0 Å². The van der Waals surface area contributed by atoms with E-state index in [1.54, 1.807) is 12.1 Å². The fourth-order valence-electron chi connectivity index (χ4n) is 1.18. The van der Waals surface area contributed by atoms with E-state index in [0.717, 1.165) is 0 Å². The number of phenolic OH excluding ortho intramolecular Hbond substituents is 1. The van der Waals surface area contributed by atoms with Crippen LogP contribution in [0.25, 0.3) is 6.08 Å². The molecule has 0 bridgehead atoms. The van der Waals surface area contributed by atoms with Gasteiger partial charge < -0.3 is 15.2 Å². The zero-order chi connectivity index (χ0) is 12.8. The molecule has 0 fully saturated rings. The second-order valence-electron chi connectivity index (χ2n) is 3.32. The maximum atomic E-state index is 11.4. The molecule has 0 aliphatic rings. The van der Waals surface area contributed by atoms with Gasteiger partial charge in [0.2, 0.25) is 5.91 Å². The molecule has 0 saturated carbocycles. The molecule has 1 aromatic rings. The number of benzene rings is 1. The number of carbonyl (C=O) groups excluding carboxylic acids is 2. The zero-order valence-corrected chi connectivity index (χ0v) is 9.56. The van der Waals surface area contributed by atoms with Gasteiger partial charge in [0.05, 0.1) is 7.11 Å². The molecule has 0 aliphatic heterocycles. The number of methoxy groups -OCH3 is 1. The van der Waals surface area contributed by atoms with E-state index in [9.17, 15) is 9.59 Å². The summed E-state index contributed by atoms with van der Waals surface area (Å²) < 4.78 is 4.54. The number of esters is 1. The van der Waals surface area contributed by atoms with Gasteiger partial charge in [-0.15, -0.1) is 0 Å². The number of phenols is 1. The normalized spacial score (nSPS) is 10.8. The Bertz CT molecular complexity index is 448. The van der Waals surface area contributed by atoms with Gasteiger partial charge in [0.25, 0.3) is 0 Å². The predicted octanol–water partition coefficient (Wildman–Crippen LogP) is 1.04. The van der Waals surface area contributed by atoms with Gasteiger partial charge in [0, 0.05) is 6.92 Å². The lowest BCUT2D eigenvalue weighted by Gasteiger charge is -2.05. The molecule has 5 nitrogen and oxygen atoms in total. The van der Waals surface area contributed by atoms with Crippen molar-refractivity contribution in [3.63, 3.8) is 0 Å². The summed E-state index contributed by atoms with van der Waals surface area (Å²) in [4.78, 5) is 22.3. The Kier molecular flexibility index (Phi) is 4.28. The van der Waals surface area contributed by atoms with Crippen LogP contribution in [0.4, 0.5) is 0 Å². The molecular formula is C12H13NO4. The monoisotopic (exact) mass is 235 g/mol. The van der Waals surface area contributed by atoms with Crippen LogP contribution in [-0.4, -0.2) is 24.1 Å². The van der Waals surface area contributed by atoms with Gasteiger partial charge in [-0.3, -0.25) is 4.79 Å². The summed E-state index contributed by atoms with van der Waals surface area (Å²) in [7, 11) is 1.23. The first-order valence-corrected chi connectivity index (χ1v) is 4.89. The van der Waals surface area contributed by atoms with Crippen molar-refractivity contribution in [3.8, 4) is 5.75 Å². The summed E-state index contributed by atoms with van der Waals surface area (Å²) in [6, 6.07) is 6.18. The van der Waals surface area contributed by atoms with E-state index < -0.39 is 5.97 Å². The molecule has 0 unspecified atom stereocenters. The van der Waals surface area contributed by atoms with Crippen LogP contribution < -0.4 is 5.32 Å². The Labute approximate surface area is 98.7 Å². The van der Waals surface area contributed by atoms with E-state index in [4.69, 9.17) is 5.11 Å². The van der Waals surface area contributed by atoms with Gasteiger partial charge in [-0.1, -0.05) is 12.1 Å². The van der Waals surface area contributed by atoms with Crippen molar-refractivity contribution in [2.75, 3.05) is 7.11 Å². The second-order valence-corrected chi connectivity index (χ2v) is 3.32. The third kappa shape index (κ3) is 3.98. The van der Waals surface area contributed by atoms with Crippen molar-refractivity contribution in [3.05, 3.63) is 35.5 Å². The van der Waals surface area contributed by atoms with Crippen LogP contribution in [0.2, 0.25) is 0 Å². The van der Waals surface area contributed by atoms with Gasteiger partial charge in [0.15, 0.2) is 0 Å². The summed E-state index contributed by atoms with van der Waals surface area (Å²) in [5, 5.41) is 11.5. The van der Waals surface area contributed by atoms with Crippen molar-refractivity contribution < 1.29 is 19.4 Å². The Morgan fingerprint density at radius 2 is 1.88 bits per heavy atom. The number of nitrogens with one attached hydrogen (secondary N) is 1. The van der Waals surface area contributed by atoms with Crippen LogP contribution >= 0.6 is 0 Å². The van der Waals surface area contributed by atoms with Crippen LogP contribution in [-0.2, 0) is 14.3 Å². The van der Waals surface area contributed by atoms with Crippen LogP contribution in [0.1, 0.15) is 12.5 Å². The number of amides is 1. The lowest BCUT2D eigenvalue weighted by Crippen LogP contribution is -2.25. The first kappa shape index (κ1) is 12.8. The molecule has 1 aromatic carbocycles. The highest BCUT2D eigenvalue weighted by Crippen LogP contribution is 2.12. The lowest BCUT2D eigenvalue weighted by atomic mass is 10.2. The molecule has 0 heterocycles. The predicted molar refractivity (Wildman–Crippen MR) is 61.9 cm³/mol. The number of ether oxygens (including phenoxy) is 1. The Morgan fingerprint density at radius 1 is 1.29 bits per heavy atom. The molecule has 0 aliphatic carbocycles. The molecular weight excluding hydrogens is 222 g/mol. The number of aromatic hydroxyl groups is 1. The number of rotatable bonds is 3. The minimum atomic E-state index is -0.631. The lowest BCUT2D eigenvalue weighted by molar-refractivity contribution is -0.137. The van der Waals surface area contributed by atoms with Crippen LogP contribution in [0.3, 0.4) is 0 Å². The first-order chi connectivity index (χ1) is 8.02. The first-order valence-electron chi connectivity index (χ1n) is 4.89. The minimum Gasteiger partial charge on any atom is -0.508 e. The molecule has 0 aromatic heterocycles. The minimum absolute atomic E-state index is 0.0469. The molecule has 17 heavy (non-hydrogen) atoms. The van der Waals surface area contributed by atoms with E-state index in [-0.39, 0.29) is 17.4 Å². The van der Waals surface area contributed by atoms with Crippen LogP contribution in [0, 0.1) is 0 Å². The largest absolute Gasteiger partial charge is 0.508 e. The van der Waals surface area contributed by atoms with Crippen LogP contribution in [0.5, 0.6) is 5.75 Å². The number of hydrogen-bond donors (Lipinski definition) is 2. The third-order valence-electron chi connectivity index (χ3n) is 1.92. The number of carbonyl (C=O) groups is 2. The summed E-state index contributed by atoms with van der Waals surface area (Å²) in [5.74, 6) is -0.866. The average molecular weight is 235 g/mol. The average Bonchev–Trinajstić information content (AvgIpc) is 2.29. The molecule has 0 atom stereocenters. The van der Waals surface area contributed by atoms with E-state index in [1.165, 1.54) is 32.2 Å². The van der Waals surface area contributed by atoms with Gasteiger partial charge in [-0.05, 0) is 23.8 Å². The highest BCUT2D eigenvalue weighted by molar-refractivity contribution is 5.97. The van der Waals surface area contributed by atoms with Gasteiger partial charge in [-0.25, -0.2) is 4.79 Å². The topological polar surface area (TPSA) is 75.6 Å². The van der Waals surface area contributed by atoms with Crippen molar-refractivity contribution >= 4 is 18.0 Å². The van der Waals surface area contributed by atoms with Gasteiger partial charge in [-0.2, -0.15) is 0 Å². The summed E-state index contributed by atoms with van der Waals surface area (Å²) in [5.41, 5.74) is 0.711. The molecule has 1 amide bonds. The quantitative estimate of drug-likeness (QED) is 0.606. The Morgan fingerprint density at radius 3 is 2.35 bits per heavy atom. The molecule has 0 radical (unpaired) electrons. The van der Waals surface area contributed by atoms with E-state index in [2.05, 4.69) is 10.1 Å². The standard InChI is InChI=1S/C12H13NO4/c1-8(14)13-11(12(16)17-2)7-9-3-5-10(15)6-4-9/h3-7,15H,1-2H3,(H,13,14)/b11-7-. The highest BCUT2D eigenvalue weighted by Gasteiger charge is 2.10. The molecule has 5 heteroatoms. The smallest absolute Gasteiger partial charge is 0.354 e. The van der Waals surface area contributed by atoms with Crippen molar-refractivity contribution in [2.24, 2.45) is 0 Å². The fraction of sp³-hybridized carbons (Fsp3) is 0.167. The molecule has 90 valence electrons. The van der Waals surface area contributed by atoms with Gasteiger partial charge in [0.1, 0.15) is 11.4 Å². The van der Waals surface area contributed by atoms with Crippen molar-refractivity contribution in [1.29, 1.82) is 0 Å². The zero-order valence-electron chi connectivity index (χ0n) is 9.56. The van der Waals surface area contributed by atoms with Gasteiger partial charge >= 0.3 is 5.97 Å². The molecule has 1 rings (SSSR count). The maximum Gasteiger partial charge on any atom is 0.354 e. The maximum absolute atomic E-state index is 11.4. The highest BCUT2D eigenvalue weighted by atomic mass is 16.5. The molecule has 0 saturated heterocycles. The SMILES string of the molecule is COC(=O)/C(=C/c1ccc(O)cc1)NC(C)=O. The molecule has 2 N–H and O–H groups in total. The fourth-order valence-corrected chi connectivity index (χ4v) is 1.18. The van der Waals surface area contributed by atoms with E-state index in [0.29, 0.717) is 5.56 Å². The molecule has 0 spiro atoms. The summed E-state index contributed by atoms with van der Waals surface area (Å²) in [6.45, 7) is 1.30. The summed E-state index contributed by atoms with van der Waals surface area (Å²) >= 11 is 0. The second kappa shape index (κ2) is 5.69. The summed E-state index contributed by atoms with van der Waals surface area (Å²) in [6.07, 6.45) is 1.46. The van der Waals surface area contributed by atoms with Crippen molar-refractivity contribution in [1.82, 2.24) is 5.32 Å². The van der Waals surface area contributed by atoms with Crippen molar-refractivity contribution in [2.45, 2.75) is 6.92 Å². The Balaban J connectivity index is 3.00. The number of hydrogen-bond acceptors (Lipinski definition) is 4. The van der Waals surface area contributed by atoms with Crippen LogP contribution in [0.15, 0.2) is 30.0 Å². The third-order valence-corrected chi connectivity index (χ3v) is 1.92. The van der Waals surface area contributed by atoms with E-state index in [1.807, 2.05) is 0 Å². The Hall–Kier alpha value is -2.30.